The molecule has 2 aromatic rings. The molecule has 1 N–H and O–H groups in total. The first kappa shape index (κ1) is 15.5. The van der Waals surface area contributed by atoms with Gasteiger partial charge < -0.3 is 5.11 Å². The Morgan fingerprint density at radius 1 is 0.857 bits per heavy atom. The number of hydrogen-bond acceptors (Lipinski definition) is 1. The molecule has 0 saturated carbocycles. The van der Waals surface area contributed by atoms with Crippen LogP contribution < -0.4 is 0 Å². The SMILES string of the molecule is CC(O)(/C=C/CCc1ccccc1)CCc1ccccc1. The monoisotopic (exact) mass is 280 g/mol. The fraction of sp³-hybridized carbons (Fsp3) is 0.300. The van der Waals surface area contributed by atoms with Crippen LogP contribution in [-0.2, 0) is 12.8 Å². The van der Waals surface area contributed by atoms with Gasteiger partial charge in [-0.25, -0.2) is 0 Å². The number of allylic oxidation sites excluding steroid dienone is 1. The summed E-state index contributed by atoms with van der Waals surface area (Å²) in [7, 11) is 0. The smallest absolute Gasteiger partial charge is 0.0802 e. The summed E-state index contributed by atoms with van der Waals surface area (Å²) in [6.07, 6.45) is 7.67. The minimum absolute atomic E-state index is 0.730. The second-order valence-electron chi connectivity index (χ2n) is 5.77. The van der Waals surface area contributed by atoms with E-state index in [1.54, 1.807) is 0 Å². The Morgan fingerprint density at radius 2 is 1.38 bits per heavy atom. The third-order valence-electron chi connectivity index (χ3n) is 3.68. The maximum Gasteiger partial charge on any atom is 0.0802 e. The molecule has 2 aromatic carbocycles. The molecule has 0 aliphatic rings. The van der Waals surface area contributed by atoms with Gasteiger partial charge in [0.05, 0.1) is 5.60 Å². The van der Waals surface area contributed by atoms with E-state index in [1.165, 1.54) is 11.1 Å². The standard InChI is InChI=1S/C20H24O/c1-20(21,17-15-19-12-6-3-7-13-19)16-9-8-14-18-10-4-2-5-11-18/h2-7,9-13,16,21H,8,14-15,17H2,1H3/b16-9+. The van der Waals surface area contributed by atoms with Crippen LogP contribution >= 0.6 is 0 Å². The van der Waals surface area contributed by atoms with Crippen LogP contribution in [0.5, 0.6) is 0 Å². The normalized spacial score (nSPS) is 14.2. The summed E-state index contributed by atoms with van der Waals surface area (Å²) in [6, 6.07) is 20.8. The van der Waals surface area contributed by atoms with Crippen molar-refractivity contribution >= 4 is 0 Å². The molecule has 21 heavy (non-hydrogen) atoms. The lowest BCUT2D eigenvalue weighted by Gasteiger charge is -2.18. The predicted molar refractivity (Wildman–Crippen MR) is 89.3 cm³/mol. The Bertz CT molecular complexity index is 541. The van der Waals surface area contributed by atoms with E-state index >= 15 is 0 Å². The second-order valence-corrected chi connectivity index (χ2v) is 5.77. The van der Waals surface area contributed by atoms with Crippen LogP contribution in [0, 0.1) is 0 Å². The first-order valence-electron chi connectivity index (χ1n) is 7.64. The average Bonchev–Trinajstić information content (AvgIpc) is 2.52. The van der Waals surface area contributed by atoms with E-state index in [0.29, 0.717) is 0 Å². The molecular weight excluding hydrogens is 256 g/mol. The highest BCUT2D eigenvalue weighted by atomic mass is 16.3. The Balaban J connectivity index is 1.76. The highest BCUT2D eigenvalue weighted by Gasteiger charge is 2.15. The average molecular weight is 280 g/mol. The molecule has 0 spiro atoms. The zero-order chi connectivity index (χ0) is 15.0. The van der Waals surface area contributed by atoms with Crippen LogP contribution in [0.1, 0.15) is 30.9 Å². The number of aryl methyl sites for hydroxylation is 2. The predicted octanol–water partition coefficient (Wildman–Crippen LogP) is 4.56. The third kappa shape index (κ3) is 5.97. The van der Waals surface area contributed by atoms with Gasteiger partial charge in [-0.2, -0.15) is 0 Å². The van der Waals surface area contributed by atoms with Crippen LogP contribution in [-0.4, -0.2) is 10.7 Å². The Labute approximate surface area is 128 Å². The zero-order valence-corrected chi connectivity index (χ0v) is 12.7. The Hall–Kier alpha value is -1.86. The zero-order valence-electron chi connectivity index (χ0n) is 12.7. The van der Waals surface area contributed by atoms with Crippen LogP contribution in [0.2, 0.25) is 0 Å². The van der Waals surface area contributed by atoms with Crippen LogP contribution in [0.3, 0.4) is 0 Å². The summed E-state index contributed by atoms with van der Waals surface area (Å²) in [4.78, 5) is 0. The molecule has 0 saturated heterocycles. The Morgan fingerprint density at radius 3 is 1.95 bits per heavy atom. The van der Waals surface area contributed by atoms with E-state index in [4.69, 9.17) is 0 Å². The molecule has 2 rings (SSSR count). The third-order valence-corrected chi connectivity index (χ3v) is 3.68. The maximum atomic E-state index is 10.4. The number of rotatable bonds is 7. The number of aliphatic hydroxyl groups is 1. The van der Waals surface area contributed by atoms with Crippen molar-refractivity contribution in [3.05, 3.63) is 83.9 Å². The van der Waals surface area contributed by atoms with Gasteiger partial charge >= 0.3 is 0 Å². The molecule has 0 fully saturated rings. The van der Waals surface area contributed by atoms with Gasteiger partial charge in [-0.15, -0.1) is 0 Å². The summed E-state index contributed by atoms with van der Waals surface area (Å²) >= 11 is 0. The molecule has 0 heterocycles. The van der Waals surface area contributed by atoms with E-state index in [0.717, 1.165) is 25.7 Å². The molecule has 0 radical (unpaired) electrons. The van der Waals surface area contributed by atoms with Gasteiger partial charge in [0.25, 0.3) is 0 Å². The summed E-state index contributed by atoms with van der Waals surface area (Å²) < 4.78 is 0. The number of benzene rings is 2. The highest BCUT2D eigenvalue weighted by molar-refractivity contribution is 5.17. The van der Waals surface area contributed by atoms with Crippen molar-refractivity contribution in [1.29, 1.82) is 0 Å². The molecule has 0 aliphatic heterocycles. The van der Waals surface area contributed by atoms with Crippen molar-refractivity contribution in [2.75, 3.05) is 0 Å². The fourth-order valence-electron chi connectivity index (χ4n) is 2.36. The van der Waals surface area contributed by atoms with E-state index < -0.39 is 5.60 Å². The first-order valence-corrected chi connectivity index (χ1v) is 7.64. The van der Waals surface area contributed by atoms with E-state index in [2.05, 4.69) is 42.5 Å². The Kier molecular flexibility index (Phi) is 5.77. The van der Waals surface area contributed by atoms with Crippen molar-refractivity contribution < 1.29 is 5.11 Å². The second kappa shape index (κ2) is 7.80. The van der Waals surface area contributed by atoms with Crippen molar-refractivity contribution in [3.8, 4) is 0 Å². The van der Waals surface area contributed by atoms with E-state index in [1.807, 2.05) is 37.3 Å². The lowest BCUT2D eigenvalue weighted by molar-refractivity contribution is 0.102. The van der Waals surface area contributed by atoms with Gasteiger partial charge in [0.1, 0.15) is 0 Å². The summed E-state index contributed by atoms with van der Waals surface area (Å²) in [5.74, 6) is 0. The maximum absolute atomic E-state index is 10.4. The summed E-state index contributed by atoms with van der Waals surface area (Å²) in [5, 5.41) is 10.4. The van der Waals surface area contributed by atoms with Gasteiger partial charge in [0, 0.05) is 0 Å². The largest absolute Gasteiger partial charge is 0.386 e. The quantitative estimate of drug-likeness (QED) is 0.737. The van der Waals surface area contributed by atoms with Crippen LogP contribution in [0.25, 0.3) is 0 Å². The summed E-state index contributed by atoms with van der Waals surface area (Å²) in [6.45, 7) is 1.88. The van der Waals surface area contributed by atoms with E-state index in [-0.39, 0.29) is 0 Å². The topological polar surface area (TPSA) is 20.2 Å². The molecule has 0 aromatic heterocycles. The summed E-state index contributed by atoms with van der Waals surface area (Å²) in [5.41, 5.74) is 1.88. The molecule has 110 valence electrons. The van der Waals surface area contributed by atoms with Crippen molar-refractivity contribution in [2.24, 2.45) is 0 Å². The number of hydrogen-bond donors (Lipinski definition) is 1. The molecule has 0 bridgehead atoms. The first-order chi connectivity index (χ1) is 10.2. The molecular formula is C20H24O. The fourth-order valence-corrected chi connectivity index (χ4v) is 2.36. The van der Waals surface area contributed by atoms with Crippen LogP contribution in [0.4, 0.5) is 0 Å². The lowest BCUT2D eigenvalue weighted by atomic mass is 9.96. The molecule has 1 unspecified atom stereocenters. The minimum atomic E-state index is -0.730. The molecule has 1 heteroatoms. The van der Waals surface area contributed by atoms with Crippen molar-refractivity contribution in [1.82, 2.24) is 0 Å². The highest BCUT2D eigenvalue weighted by Crippen LogP contribution is 2.16. The molecule has 1 atom stereocenters. The van der Waals surface area contributed by atoms with Crippen LogP contribution in [0.15, 0.2) is 72.8 Å². The molecule has 1 nitrogen and oxygen atoms in total. The lowest BCUT2D eigenvalue weighted by Crippen LogP contribution is -2.21. The van der Waals surface area contributed by atoms with Gasteiger partial charge in [-0.05, 0) is 43.7 Å². The van der Waals surface area contributed by atoms with Crippen molar-refractivity contribution in [3.63, 3.8) is 0 Å². The minimum Gasteiger partial charge on any atom is -0.386 e. The molecule has 0 amide bonds. The van der Waals surface area contributed by atoms with Gasteiger partial charge in [0.2, 0.25) is 0 Å². The van der Waals surface area contributed by atoms with Gasteiger partial charge in [0.15, 0.2) is 0 Å². The van der Waals surface area contributed by atoms with Crippen molar-refractivity contribution in [2.45, 2.75) is 38.2 Å². The van der Waals surface area contributed by atoms with Gasteiger partial charge in [-0.3, -0.25) is 0 Å². The van der Waals surface area contributed by atoms with Gasteiger partial charge in [-0.1, -0.05) is 72.8 Å². The van der Waals surface area contributed by atoms with E-state index in [9.17, 15) is 5.11 Å². The molecule has 0 aliphatic carbocycles.